The Morgan fingerprint density at radius 3 is 2.52 bits per heavy atom. The van der Waals surface area contributed by atoms with Crippen LogP contribution in [0.15, 0.2) is 18.2 Å². The summed E-state index contributed by atoms with van der Waals surface area (Å²) in [5.74, 6) is 0.0604. The van der Waals surface area contributed by atoms with Gasteiger partial charge in [0.05, 0.1) is 12.2 Å². The first kappa shape index (κ1) is 14.1. The number of aromatic amines is 1. The maximum Gasteiger partial charge on any atom is 0.270 e. The van der Waals surface area contributed by atoms with E-state index in [1.54, 1.807) is 0 Å². The van der Waals surface area contributed by atoms with Crippen LogP contribution in [0.1, 0.15) is 35.5 Å². The van der Waals surface area contributed by atoms with Gasteiger partial charge >= 0.3 is 0 Å². The van der Waals surface area contributed by atoms with E-state index in [4.69, 9.17) is 4.74 Å². The molecule has 2 aromatic rings. The Hall–Kier alpha value is -1.81. The van der Waals surface area contributed by atoms with E-state index < -0.39 is 0 Å². The number of rotatable bonds is 1. The molecule has 21 heavy (non-hydrogen) atoms. The number of hydrogen-bond acceptors (Lipinski definition) is 2. The van der Waals surface area contributed by atoms with Crippen molar-refractivity contribution < 1.29 is 9.53 Å². The van der Waals surface area contributed by atoms with Crippen LogP contribution in [-0.2, 0) is 4.74 Å². The highest BCUT2D eigenvalue weighted by atomic mass is 16.5. The number of nitrogens with zero attached hydrogens (tertiary/aromatic N) is 1. The van der Waals surface area contributed by atoms with Gasteiger partial charge in [-0.2, -0.15) is 0 Å². The second-order valence-corrected chi connectivity index (χ2v) is 6.19. The zero-order valence-corrected chi connectivity index (χ0v) is 13.1. The van der Waals surface area contributed by atoms with Crippen molar-refractivity contribution >= 4 is 16.8 Å². The van der Waals surface area contributed by atoms with Gasteiger partial charge in [-0.25, -0.2) is 0 Å². The lowest BCUT2D eigenvalue weighted by Gasteiger charge is -2.35. The highest BCUT2D eigenvalue weighted by Gasteiger charge is 2.27. The molecule has 0 saturated carbocycles. The number of aryl methyl sites for hydroxylation is 2. The van der Waals surface area contributed by atoms with Crippen molar-refractivity contribution in [2.24, 2.45) is 0 Å². The van der Waals surface area contributed by atoms with E-state index in [0.29, 0.717) is 18.8 Å². The van der Waals surface area contributed by atoms with E-state index in [1.165, 1.54) is 11.1 Å². The fraction of sp³-hybridized carbons (Fsp3) is 0.471. The van der Waals surface area contributed by atoms with Gasteiger partial charge in [0.15, 0.2) is 0 Å². The molecule has 0 radical (unpaired) electrons. The van der Waals surface area contributed by atoms with Crippen LogP contribution in [0.4, 0.5) is 0 Å². The monoisotopic (exact) mass is 286 g/mol. The highest BCUT2D eigenvalue weighted by molar-refractivity contribution is 5.99. The quantitative estimate of drug-likeness (QED) is 0.876. The molecule has 1 fully saturated rings. The molecule has 1 aliphatic rings. The predicted octanol–water partition coefficient (Wildman–Crippen LogP) is 3.03. The van der Waals surface area contributed by atoms with Gasteiger partial charge in [0.1, 0.15) is 5.69 Å². The van der Waals surface area contributed by atoms with Crippen molar-refractivity contribution in [1.82, 2.24) is 9.88 Å². The zero-order chi connectivity index (χ0) is 15.1. The first-order chi connectivity index (χ1) is 9.94. The van der Waals surface area contributed by atoms with Crippen LogP contribution in [0.5, 0.6) is 0 Å². The number of nitrogens with one attached hydrogen (secondary N) is 1. The smallest absolute Gasteiger partial charge is 0.270 e. The number of morpholine rings is 1. The van der Waals surface area contributed by atoms with Gasteiger partial charge in [-0.05, 0) is 51.0 Å². The minimum Gasteiger partial charge on any atom is -0.372 e. The van der Waals surface area contributed by atoms with Crippen LogP contribution in [0.25, 0.3) is 10.9 Å². The Labute approximate surface area is 125 Å². The van der Waals surface area contributed by atoms with Crippen molar-refractivity contribution in [3.63, 3.8) is 0 Å². The Balaban J connectivity index is 1.93. The van der Waals surface area contributed by atoms with Crippen LogP contribution in [0.2, 0.25) is 0 Å². The number of amides is 1. The largest absolute Gasteiger partial charge is 0.372 e. The number of fused-ring (bicyclic) bond motifs is 1. The standard InChI is InChI=1S/C17H22N2O2/c1-10-5-11(2)14-7-16(18-15(14)6-10)17(20)19-8-12(3)21-13(4)9-19/h5-7,12-13,18H,8-9H2,1-4H3. The Morgan fingerprint density at radius 1 is 1.19 bits per heavy atom. The summed E-state index contributed by atoms with van der Waals surface area (Å²) in [6.07, 6.45) is 0.178. The van der Waals surface area contributed by atoms with Gasteiger partial charge in [-0.1, -0.05) is 6.07 Å². The number of carbonyl (C=O) groups is 1. The molecule has 0 spiro atoms. The summed E-state index contributed by atoms with van der Waals surface area (Å²) in [6.45, 7) is 9.47. The van der Waals surface area contributed by atoms with Gasteiger partial charge < -0.3 is 14.6 Å². The Bertz CT molecular complexity index is 679. The summed E-state index contributed by atoms with van der Waals surface area (Å²) in [5.41, 5.74) is 4.10. The summed E-state index contributed by atoms with van der Waals surface area (Å²) < 4.78 is 5.69. The molecule has 1 saturated heterocycles. The molecule has 1 aliphatic heterocycles. The van der Waals surface area contributed by atoms with Crippen LogP contribution < -0.4 is 0 Å². The normalized spacial score (nSPS) is 22.8. The lowest BCUT2D eigenvalue weighted by atomic mass is 10.1. The van der Waals surface area contributed by atoms with E-state index in [0.717, 1.165) is 10.9 Å². The minimum absolute atomic E-state index is 0.0604. The molecule has 2 heterocycles. The lowest BCUT2D eigenvalue weighted by Crippen LogP contribution is -2.48. The van der Waals surface area contributed by atoms with Gasteiger partial charge in [-0.15, -0.1) is 0 Å². The topological polar surface area (TPSA) is 45.3 Å². The number of H-pyrrole nitrogens is 1. The summed E-state index contributed by atoms with van der Waals surface area (Å²) in [6, 6.07) is 6.20. The van der Waals surface area contributed by atoms with E-state index in [1.807, 2.05) is 24.8 Å². The number of benzene rings is 1. The van der Waals surface area contributed by atoms with E-state index >= 15 is 0 Å². The molecule has 1 aromatic heterocycles. The molecular weight excluding hydrogens is 264 g/mol. The van der Waals surface area contributed by atoms with Gasteiger partial charge in [0.2, 0.25) is 0 Å². The van der Waals surface area contributed by atoms with Crippen molar-refractivity contribution in [2.45, 2.75) is 39.9 Å². The average Bonchev–Trinajstić information content (AvgIpc) is 2.80. The van der Waals surface area contributed by atoms with E-state index in [2.05, 4.69) is 31.0 Å². The Kier molecular flexibility index (Phi) is 3.49. The number of hydrogen-bond donors (Lipinski definition) is 1. The van der Waals surface area contributed by atoms with Gasteiger partial charge in [0.25, 0.3) is 5.91 Å². The van der Waals surface area contributed by atoms with Crippen molar-refractivity contribution in [1.29, 1.82) is 0 Å². The second kappa shape index (κ2) is 5.19. The van der Waals surface area contributed by atoms with Crippen LogP contribution in [0, 0.1) is 13.8 Å². The molecular formula is C17H22N2O2. The van der Waals surface area contributed by atoms with Crippen molar-refractivity contribution in [3.8, 4) is 0 Å². The third-order valence-corrected chi connectivity index (χ3v) is 4.03. The van der Waals surface area contributed by atoms with Crippen molar-refractivity contribution in [3.05, 3.63) is 35.0 Å². The minimum atomic E-state index is 0.0604. The van der Waals surface area contributed by atoms with Crippen molar-refractivity contribution in [2.75, 3.05) is 13.1 Å². The molecule has 4 heteroatoms. The second-order valence-electron chi connectivity index (χ2n) is 6.19. The molecule has 4 nitrogen and oxygen atoms in total. The summed E-state index contributed by atoms with van der Waals surface area (Å²) >= 11 is 0. The third-order valence-electron chi connectivity index (χ3n) is 4.03. The Morgan fingerprint density at radius 2 is 1.86 bits per heavy atom. The number of ether oxygens (including phenoxy) is 1. The van der Waals surface area contributed by atoms with Crippen LogP contribution in [0.3, 0.4) is 0 Å². The molecule has 1 N–H and O–H groups in total. The molecule has 1 amide bonds. The summed E-state index contributed by atoms with van der Waals surface area (Å²) in [7, 11) is 0. The van der Waals surface area contributed by atoms with E-state index in [-0.39, 0.29) is 18.1 Å². The molecule has 1 aromatic carbocycles. The fourth-order valence-corrected chi connectivity index (χ4v) is 3.23. The SMILES string of the molecule is Cc1cc(C)c2cc(C(=O)N3CC(C)OC(C)C3)[nH]c2c1. The molecule has 2 unspecified atom stereocenters. The molecule has 3 rings (SSSR count). The van der Waals surface area contributed by atoms with Crippen LogP contribution in [-0.4, -0.2) is 41.1 Å². The zero-order valence-electron chi connectivity index (χ0n) is 13.1. The fourth-order valence-electron chi connectivity index (χ4n) is 3.23. The van der Waals surface area contributed by atoms with Crippen LogP contribution >= 0.6 is 0 Å². The summed E-state index contributed by atoms with van der Waals surface area (Å²) in [4.78, 5) is 17.8. The highest BCUT2D eigenvalue weighted by Crippen LogP contribution is 2.23. The molecule has 0 aliphatic carbocycles. The molecule has 112 valence electrons. The molecule has 2 atom stereocenters. The summed E-state index contributed by atoms with van der Waals surface area (Å²) in [5, 5.41) is 1.12. The maximum atomic E-state index is 12.7. The average molecular weight is 286 g/mol. The molecule has 0 bridgehead atoms. The number of carbonyl (C=O) groups excluding carboxylic acids is 1. The lowest BCUT2D eigenvalue weighted by molar-refractivity contribution is -0.0587. The third kappa shape index (κ3) is 2.68. The maximum absolute atomic E-state index is 12.7. The first-order valence-electron chi connectivity index (χ1n) is 7.48. The first-order valence-corrected chi connectivity index (χ1v) is 7.48. The number of aromatic nitrogens is 1. The van der Waals surface area contributed by atoms with E-state index in [9.17, 15) is 4.79 Å². The van der Waals surface area contributed by atoms with Gasteiger partial charge in [0, 0.05) is 24.0 Å². The van der Waals surface area contributed by atoms with Gasteiger partial charge in [-0.3, -0.25) is 4.79 Å². The predicted molar refractivity (Wildman–Crippen MR) is 83.7 cm³/mol.